The number of fused-ring (bicyclic) bond motifs is 6. The first-order chi connectivity index (χ1) is 30.6. The third-order valence-electron chi connectivity index (χ3n) is 11.8. The number of rotatable bonds is 6. The Morgan fingerprint density at radius 2 is 0.823 bits per heavy atom. The van der Waals surface area contributed by atoms with Crippen molar-refractivity contribution in [3.63, 3.8) is 0 Å². The van der Waals surface area contributed by atoms with Gasteiger partial charge in [0.1, 0.15) is 0 Å². The van der Waals surface area contributed by atoms with Crippen LogP contribution in [-0.2, 0) is 0 Å². The number of nitrogens with zero attached hydrogens (tertiary/aromatic N) is 6. The van der Waals surface area contributed by atoms with Crippen LogP contribution in [0.5, 0.6) is 0 Å². The van der Waals surface area contributed by atoms with Gasteiger partial charge in [-0.3, -0.25) is 0 Å². The summed E-state index contributed by atoms with van der Waals surface area (Å²) in [5, 5.41) is 35.4. The molecule has 0 saturated heterocycles. The van der Waals surface area contributed by atoms with Crippen LogP contribution in [0, 0.1) is 34.0 Å². The van der Waals surface area contributed by atoms with Gasteiger partial charge >= 0.3 is 0 Å². The van der Waals surface area contributed by atoms with Crippen molar-refractivity contribution in [3.8, 4) is 74.4 Å². The lowest BCUT2D eigenvalue weighted by Gasteiger charge is -2.21. The van der Waals surface area contributed by atoms with E-state index < -0.39 is 0 Å². The molecule has 11 aromatic rings. The first-order valence-electron chi connectivity index (χ1n) is 20.3. The van der Waals surface area contributed by atoms with Crippen LogP contribution in [0.1, 0.15) is 16.7 Å². The Balaban J connectivity index is 1.30. The molecule has 0 aliphatic rings. The minimum absolute atomic E-state index is 0.479. The number of hydrogen-bond acceptors (Lipinski definition) is 4. The lowest BCUT2D eigenvalue weighted by atomic mass is 9.98. The lowest BCUT2D eigenvalue weighted by molar-refractivity contribution is 1.12. The van der Waals surface area contributed by atoms with Crippen molar-refractivity contribution in [2.24, 2.45) is 0 Å². The average Bonchev–Trinajstić information content (AvgIpc) is 3.85. The highest BCUT2D eigenvalue weighted by Crippen LogP contribution is 2.44. The van der Waals surface area contributed by atoms with Gasteiger partial charge < -0.3 is 9.13 Å². The maximum absolute atomic E-state index is 10.9. The van der Waals surface area contributed by atoms with Crippen molar-refractivity contribution in [2.45, 2.75) is 0 Å². The molecule has 0 fully saturated rings. The summed E-state index contributed by atoms with van der Waals surface area (Å²) < 4.78 is 4.50. The predicted octanol–water partition coefficient (Wildman–Crippen LogP) is 13.6. The Hall–Kier alpha value is -9.02. The van der Waals surface area contributed by atoms with Gasteiger partial charge in [-0.25, -0.2) is 4.98 Å². The van der Waals surface area contributed by atoms with Crippen LogP contribution in [0.3, 0.4) is 0 Å². The first-order valence-corrected chi connectivity index (χ1v) is 20.3. The fourth-order valence-corrected chi connectivity index (χ4v) is 9.10. The number of benzene rings is 8. The second-order valence-electron chi connectivity index (χ2n) is 15.3. The standard InChI is InChI=1S/C56H32N6/c57-33-36-29-54(61-50-23-10-8-19-44(50)46-27-25-38(31-52(46)61)42-17-6-4-15-40(42)34-58)56(49-22-12-21-48(60-49)37-13-2-1-3-14-37)55(30-36)62-51-24-11-9-20-45(51)47-28-26-39(32-53(47)62)43-18-7-5-16-41(43)35-59/h1-32H. The molecule has 0 unspecified atom stereocenters. The molecule has 6 heteroatoms. The second kappa shape index (κ2) is 14.7. The van der Waals surface area contributed by atoms with Gasteiger partial charge in [0.05, 0.1) is 79.7 Å². The molecule has 11 rings (SSSR count). The Bertz CT molecular complexity index is 3540. The highest BCUT2D eigenvalue weighted by atomic mass is 15.0. The number of nitriles is 3. The zero-order valence-corrected chi connectivity index (χ0v) is 33.2. The van der Waals surface area contributed by atoms with Crippen LogP contribution in [0.4, 0.5) is 0 Å². The monoisotopic (exact) mass is 788 g/mol. The summed E-state index contributed by atoms with van der Waals surface area (Å²) in [7, 11) is 0. The molecule has 0 bridgehead atoms. The molecule has 0 atom stereocenters. The van der Waals surface area contributed by atoms with E-state index in [1.165, 1.54) is 0 Å². The van der Waals surface area contributed by atoms with E-state index in [0.717, 1.165) is 99.8 Å². The SMILES string of the molecule is N#Cc1cc(-n2c3ccccc3c3ccc(-c4ccccc4C#N)cc32)c(-c2cccc(-c3ccccc3)n2)c(-n2c3ccccc3c3ccc(-c4ccccc4C#N)cc32)c1. The summed E-state index contributed by atoms with van der Waals surface area (Å²) in [4.78, 5) is 5.42. The van der Waals surface area contributed by atoms with E-state index in [2.05, 4.69) is 100 Å². The van der Waals surface area contributed by atoms with E-state index in [-0.39, 0.29) is 0 Å². The Morgan fingerprint density at radius 3 is 1.35 bits per heavy atom. The molecule has 0 spiro atoms. The molecule has 0 aliphatic heterocycles. The molecule has 286 valence electrons. The van der Waals surface area contributed by atoms with Gasteiger partial charge in [0.25, 0.3) is 0 Å². The Kier molecular flexibility index (Phi) is 8.54. The molecular formula is C56H32N6. The van der Waals surface area contributed by atoms with E-state index in [4.69, 9.17) is 4.98 Å². The second-order valence-corrected chi connectivity index (χ2v) is 15.3. The van der Waals surface area contributed by atoms with E-state index in [9.17, 15) is 15.8 Å². The van der Waals surface area contributed by atoms with Gasteiger partial charge in [-0.1, -0.05) is 133 Å². The van der Waals surface area contributed by atoms with E-state index in [1.807, 2.05) is 121 Å². The van der Waals surface area contributed by atoms with E-state index in [0.29, 0.717) is 16.7 Å². The van der Waals surface area contributed by atoms with Crippen LogP contribution in [0.25, 0.3) is 99.8 Å². The Morgan fingerprint density at radius 1 is 0.355 bits per heavy atom. The number of aromatic nitrogens is 3. The summed E-state index contributed by atoms with van der Waals surface area (Å²) in [6.45, 7) is 0. The number of hydrogen-bond donors (Lipinski definition) is 0. The molecule has 0 radical (unpaired) electrons. The third kappa shape index (κ3) is 5.74. The summed E-state index contributed by atoms with van der Waals surface area (Å²) in [6.07, 6.45) is 0. The molecule has 0 aliphatic carbocycles. The zero-order chi connectivity index (χ0) is 41.7. The van der Waals surface area contributed by atoms with Gasteiger partial charge in [-0.2, -0.15) is 15.8 Å². The molecule has 0 N–H and O–H groups in total. The summed E-state index contributed by atoms with van der Waals surface area (Å²) in [5.74, 6) is 0. The highest BCUT2D eigenvalue weighted by molar-refractivity contribution is 6.13. The molecular weight excluding hydrogens is 757 g/mol. The number of pyridine rings is 1. The van der Waals surface area contributed by atoms with Gasteiger partial charge in [0.15, 0.2) is 0 Å². The average molecular weight is 789 g/mol. The van der Waals surface area contributed by atoms with Crippen molar-refractivity contribution in [3.05, 3.63) is 211 Å². The molecule has 0 saturated carbocycles. The third-order valence-corrected chi connectivity index (χ3v) is 11.8. The normalized spacial score (nSPS) is 11.2. The lowest BCUT2D eigenvalue weighted by Crippen LogP contribution is -2.06. The molecule has 0 amide bonds. The van der Waals surface area contributed by atoms with Crippen LogP contribution in [-0.4, -0.2) is 14.1 Å². The Labute approximate surface area is 357 Å². The van der Waals surface area contributed by atoms with Crippen LogP contribution >= 0.6 is 0 Å². The topological polar surface area (TPSA) is 94.1 Å². The maximum atomic E-state index is 10.9. The quantitative estimate of drug-likeness (QED) is 0.168. The van der Waals surface area contributed by atoms with Crippen LogP contribution < -0.4 is 0 Å². The zero-order valence-electron chi connectivity index (χ0n) is 33.2. The minimum atomic E-state index is 0.479. The fourth-order valence-electron chi connectivity index (χ4n) is 9.10. The van der Waals surface area contributed by atoms with Gasteiger partial charge in [-0.15, -0.1) is 0 Å². The van der Waals surface area contributed by atoms with Crippen molar-refractivity contribution in [1.82, 2.24) is 14.1 Å². The van der Waals surface area contributed by atoms with Crippen molar-refractivity contribution >= 4 is 43.6 Å². The fraction of sp³-hybridized carbons (Fsp3) is 0. The van der Waals surface area contributed by atoms with Crippen LogP contribution in [0.2, 0.25) is 0 Å². The molecule has 3 aromatic heterocycles. The molecule has 62 heavy (non-hydrogen) atoms. The summed E-state index contributed by atoms with van der Waals surface area (Å²) in [5.41, 5.74) is 13.9. The van der Waals surface area contributed by atoms with Gasteiger partial charge in [0, 0.05) is 32.7 Å². The first kappa shape index (κ1) is 36.1. The predicted molar refractivity (Wildman–Crippen MR) is 249 cm³/mol. The summed E-state index contributed by atoms with van der Waals surface area (Å²) in [6, 6.07) is 72.3. The maximum Gasteiger partial charge on any atom is 0.0998 e. The summed E-state index contributed by atoms with van der Waals surface area (Å²) >= 11 is 0. The van der Waals surface area contributed by atoms with Crippen molar-refractivity contribution in [2.75, 3.05) is 0 Å². The molecule has 3 heterocycles. The van der Waals surface area contributed by atoms with Crippen LogP contribution in [0.15, 0.2) is 194 Å². The van der Waals surface area contributed by atoms with Gasteiger partial charge in [0.2, 0.25) is 0 Å². The molecule has 6 nitrogen and oxygen atoms in total. The van der Waals surface area contributed by atoms with E-state index in [1.54, 1.807) is 0 Å². The van der Waals surface area contributed by atoms with Crippen molar-refractivity contribution in [1.29, 1.82) is 15.8 Å². The van der Waals surface area contributed by atoms with Crippen molar-refractivity contribution < 1.29 is 0 Å². The highest BCUT2D eigenvalue weighted by Gasteiger charge is 2.25. The smallest absolute Gasteiger partial charge is 0.0998 e. The molecule has 8 aromatic carbocycles. The van der Waals surface area contributed by atoms with E-state index >= 15 is 0 Å². The number of para-hydroxylation sites is 2. The largest absolute Gasteiger partial charge is 0.308 e. The van der Waals surface area contributed by atoms with Gasteiger partial charge in [-0.05, 0) is 82.9 Å². The minimum Gasteiger partial charge on any atom is -0.308 e.